The number of aromatic nitrogens is 4. The molecule has 2 N–H and O–H groups in total. The molecule has 2 aromatic heterocycles. The van der Waals surface area contributed by atoms with Crippen LogP contribution in [0.15, 0.2) is 72.8 Å². The van der Waals surface area contributed by atoms with Gasteiger partial charge < -0.3 is 14.8 Å². The van der Waals surface area contributed by atoms with Gasteiger partial charge in [-0.15, -0.1) is 15.3 Å². The molecule has 0 atom stereocenters. The molecule has 3 aromatic carbocycles. The van der Waals surface area contributed by atoms with Crippen LogP contribution in [0, 0.1) is 0 Å². The van der Waals surface area contributed by atoms with Crippen LogP contribution in [0.4, 0.5) is 17.2 Å². The molecule has 1 aliphatic rings. The number of hydrogen-bond acceptors (Lipinski definition) is 8. The van der Waals surface area contributed by atoms with Gasteiger partial charge in [0.25, 0.3) is 0 Å². The summed E-state index contributed by atoms with van der Waals surface area (Å²) in [6.45, 7) is 1.40. The van der Waals surface area contributed by atoms with Gasteiger partial charge in [0.2, 0.25) is 0 Å². The fourth-order valence-corrected chi connectivity index (χ4v) is 5.57. The Hall–Kier alpha value is -4.26. The van der Waals surface area contributed by atoms with E-state index in [4.69, 9.17) is 14.6 Å². The SMILES string of the molecule is COc1ccc(-c2nnc3c4ccccc4c(Nc4cccc(NS(=O)(=O)N5CCOCC5)c4)nn23)cc1. The number of fused-ring (bicyclic) bond motifs is 3. The Balaban J connectivity index is 1.36. The minimum absolute atomic E-state index is 0.318. The monoisotopic (exact) mass is 531 g/mol. The zero-order chi connectivity index (χ0) is 26.1. The van der Waals surface area contributed by atoms with E-state index in [2.05, 4.69) is 20.2 Å². The van der Waals surface area contributed by atoms with Gasteiger partial charge in [0.05, 0.1) is 26.0 Å². The Morgan fingerprint density at radius 1 is 0.895 bits per heavy atom. The Bertz CT molecular complexity index is 1720. The average molecular weight is 532 g/mol. The van der Waals surface area contributed by atoms with E-state index in [0.29, 0.717) is 55.0 Å². The number of morpholine rings is 1. The maximum Gasteiger partial charge on any atom is 0.301 e. The third-order valence-corrected chi connectivity index (χ3v) is 7.83. The van der Waals surface area contributed by atoms with Crippen molar-refractivity contribution < 1.29 is 17.9 Å². The summed E-state index contributed by atoms with van der Waals surface area (Å²) in [7, 11) is -2.07. The molecule has 1 saturated heterocycles. The van der Waals surface area contributed by atoms with Crippen molar-refractivity contribution in [2.45, 2.75) is 0 Å². The maximum atomic E-state index is 12.8. The van der Waals surface area contributed by atoms with Crippen molar-refractivity contribution in [2.24, 2.45) is 0 Å². The molecule has 194 valence electrons. The molecule has 0 unspecified atom stereocenters. The van der Waals surface area contributed by atoms with Crippen molar-refractivity contribution in [1.82, 2.24) is 24.1 Å². The Morgan fingerprint density at radius 2 is 1.63 bits per heavy atom. The minimum Gasteiger partial charge on any atom is -0.497 e. The molecule has 5 aromatic rings. The summed E-state index contributed by atoms with van der Waals surface area (Å²) in [4.78, 5) is 0. The van der Waals surface area contributed by atoms with Gasteiger partial charge in [-0.25, -0.2) is 0 Å². The number of benzene rings is 3. The third kappa shape index (κ3) is 4.60. The van der Waals surface area contributed by atoms with Gasteiger partial charge in [0.15, 0.2) is 17.3 Å². The van der Waals surface area contributed by atoms with Gasteiger partial charge in [-0.05, 0) is 42.5 Å². The van der Waals surface area contributed by atoms with Crippen LogP contribution in [0.3, 0.4) is 0 Å². The van der Waals surface area contributed by atoms with Crippen molar-refractivity contribution in [1.29, 1.82) is 0 Å². The largest absolute Gasteiger partial charge is 0.497 e. The van der Waals surface area contributed by atoms with Crippen molar-refractivity contribution in [3.63, 3.8) is 0 Å². The topological polar surface area (TPSA) is 123 Å². The molecule has 1 fully saturated rings. The van der Waals surface area contributed by atoms with Gasteiger partial charge >= 0.3 is 10.2 Å². The Labute approximate surface area is 219 Å². The highest BCUT2D eigenvalue weighted by atomic mass is 32.2. The third-order valence-electron chi connectivity index (χ3n) is 6.29. The zero-order valence-electron chi connectivity index (χ0n) is 20.5. The molecule has 0 bridgehead atoms. The van der Waals surface area contributed by atoms with Crippen molar-refractivity contribution in [3.8, 4) is 17.1 Å². The molecule has 0 saturated carbocycles. The fraction of sp³-hybridized carbons (Fsp3) is 0.192. The Kier molecular flexibility index (Phi) is 6.27. The van der Waals surface area contributed by atoms with Crippen LogP contribution in [-0.2, 0) is 14.9 Å². The second-order valence-corrected chi connectivity index (χ2v) is 10.4. The number of rotatable bonds is 7. The summed E-state index contributed by atoms with van der Waals surface area (Å²) in [5.74, 6) is 1.91. The Morgan fingerprint density at radius 3 is 2.39 bits per heavy atom. The molecule has 0 amide bonds. The minimum atomic E-state index is -3.69. The van der Waals surface area contributed by atoms with Crippen LogP contribution in [0.1, 0.15) is 0 Å². The highest BCUT2D eigenvalue weighted by Gasteiger charge is 2.24. The van der Waals surface area contributed by atoms with Crippen molar-refractivity contribution in [2.75, 3.05) is 43.5 Å². The van der Waals surface area contributed by atoms with E-state index in [1.54, 1.807) is 29.8 Å². The fourth-order valence-electron chi connectivity index (χ4n) is 4.39. The number of anilines is 3. The summed E-state index contributed by atoms with van der Waals surface area (Å²) in [5, 5.41) is 18.8. The van der Waals surface area contributed by atoms with E-state index in [1.807, 2.05) is 54.6 Å². The van der Waals surface area contributed by atoms with Gasteiger partial charge in [0.1, 0.15) is 5.75 Å². The molecule has 0 spiro atoms. The molecule has 11 nitrogen and oxygen atoms in total. The average Bonchev–Trinajstić information content (AvgIpc) is 3.38. The summed E-state index contributed by atoms with van der Waals surface area (Å²) >= 11 is 0. The normalized spacial score (nSPS) is 14.6. The highest BCUT2D eigenvalue weighted by Crippen LogP contribution is 2.30. The summed E-state index contributed by atoms with van der Waals surface area (Å²) in [6, 6.07) is 22.4. The first-order chi connectivity index (χ1) is 18.5. The quantitative estimate of drug-likeness (QED) is 0.326. The molecule has 0 radical (unpaired) electrons. The standard InChI is InChI=1S/C26H25N7O4S/c1-36-21-11-9-18(10-12-21)25-28-29-26-23-8-3-2-7-22(23)24(30-33(25)26)27-19-5-4-6-20(17-19)31-38(34,35)32-13-15-37-16-14-32/h2-12,17,31H,13-16H2,1H3,(H,27,30). The highest BCUT2D eigenvalue weighted by molar-refractivity contribution is 7.90. The summed E-state index contributed by atoms with van der Waals surface area (Å²) < 4.78 is 42.0. The molecule has 38 heavy (non-hydrogen) atoms. The van der Waals surface area contributed by atoms with Gasteiger partial charge in [-0.2, -0.15) is 17.2 Å². The molecule has 3 heterocycles. The van der Waals surface area contributed by atoms with Crippen molar-refractivity contribution >= 4 is 43.8 Å². The maximum absolute atomic E-state index is 12.8. The molecule has 0 aliphatic carbocycles. The van der Waals surface area contributed by atoms with E-state index < -0.39 is 10.2 Å². The molecular formula is C26H25N7O4S. The lowest BCUT2D eigenvalue weighted by atomic mass is 10.1. The first-order valence-electron chi connectivity index (χ1n) is 12.0. The molecular weight excluding hydrogens is 506 g/mol. The number of nitrogens with zero attached hydrogens (tertiary/aromatic N) is 5. The smallest absolute Gasteiger partial charge is 0.301 e. The second-order valence-electron chi connectivity index (χ2n) is 8.71. The second kappa shape index (κ2) is 9.89. The lowest BCUT2D eigenvalue weighted by Gasteiger charge is -2.26. The van der Waals surface area contributed by atoms with Gasteiger partial charge in [-0.3, -0.25) is 4.72 Å². The van der Waals surface area contributed by atoms with Gasteiger partial charge in [0, 0.05) is 35.1 Å². The lowest BCUT2D eigenvalue weighted by Crippen LogP contribution is -2.43. The first kappa shape index (κ1) is 24.1. The van der Waals surface area contributed by atoms with Crippen LogP contribution < -0.4 is 14.8 Å². The van der Waals surface area contributed by atoms with E-state index in [-0.39, 0.29) is 0 Å². The summed E-state index contributed by atoms with van der Waals surface area (Å²) in [6.07, 6.45) is 0. The van der Waals surface area contributed by atoms with E-state index in [1.165, 1.54) is 4.31 Å². The van der Waals surface area contributed by atoms with E-state index >= 15 is 0 Å². The first-order valence-corrected chi connectivity index (χ1v) is 13.5. The van der Waals surface area contributed by atoms with E-state index in [0.717, 1.165) is 22.1 Å². The van der Waals surface area contributed by atoms with E-state index in [9.17, 15) is 8.42 Å². The molecule has 1 aliphatic heterocycles. The van der Waals surface area contributed by atoms with Crippen LogP contribution >= 0.6 is 0 Å². The van der Waals surface area contributed by atoms with Crippen LogP contribution in [-0.4, -0.2) is 65.9 Å². The summed E-state index contributed by atoms with van der Waals surface area (Å²) in [5.41, 5.74) is 2.58. The predicted octanol–water partition coefficient (Wildman–Crippen LogP) is 3.69. The zero-order valence-corrected chi connectivity index (χ0v) is 21.4. The molecule has 12 heteroatoms. The van der Waals surface area contributed by atoms with Gasteiger partial charge in [-0.1, -0.05) is 30.3 Å². The lowest BCUT2D eigenvalue weighted by molar-refractivity contribution is 0.0733. The number of hydrogen-bond donors (Lipinski definition) is 2. The van der Waals surface area contributed by atoms with Crippen LogP contribution in [0.5, 0.6) is 5.75 Å². The number of methoxy groups -OCH3 is 1. The predicted molar refractivity (Wildman–Crippen MR) is 145 cm³/mol. The number of nitrogens with one attached hydrogen (secondary N) is 2. The van der Waals surface area contributed by atoms with Crippen LogP contribution in [0.25, 0.3) is 27.8 Å². The van der Waals surface area contributed by atoms with Crippen molar-refractivity contribution in [3.05, 3.63) is 72.8 Å². The van der Waals surface area contributed by atoms with Crippen LogP contribution in [0.2, 0.25) is 0 Å². The molecule has 6 rings (SSSR count). The number of ether oxygens (including phenoxy) is 2.